The van der Waals surface area contributed by atoms with Crippen molar-refractivity contribution < 1.29 is 34.7 Å². The van der Waals surface area contributed by atoms with E-state index in [-0.39, 0.29) is 30.7 Å². The van der Waals surface area contributed by atoms with Gasteiger partial charge in [0.15, 0.2) is 0 Å². The molecule has 0 aromatic rings. The van der Waals surface area contributed by atoms with E-state index in [0.29, 0.717) is 18.4 Å². The third kappa shape index (κ3) is 16.2. The molecule has 2 rings (SSSR count). The molecule has 0 aromatic heterocycles. The summed E-state index contributed by atoms with van der Waals surface area (Å²) < 4.78 is 11.2. The lowest BCUT2D eigenvalue weighted by Gasteiger charge is -2.24. The number of unbranched alkanes of at least 4 members (excludes halogenated alkanes) is 14. The fraction of sp³-hybridized carbons (Fsp3) is 0.914. The van der Waals surface area contributed by atoms with Crippen LogP contribution in [0.3, 0.4) is 0 Å². The Morgan fingerprint density at radius 1 is 0.762 bits per heavy atom. The second-order valence-electron chi connectivity index (χ2n) is 13.1. The van der Waals surface area contributed by atoms with E-state index in [1.165, 1.54) is 70.6 Å². The van der Waals surface area contributed by atoms with Gasteiger partial charge in [-0.05, 0) is 45.1 Å². The van der Waals surface area contributed by atoms with E-state index in [9.17, 15) is 25.2 Å². The zero-order chi connectivity index (χ0) is 30.6. The number of hydrogen-bond acceptors (Lipinski definition) is 7. The van der Waals surface area contributed by atoms with Crippen LogP contribution in [0.15, 0.2) is 11.6 Å². The smallest absolute Gasteiger partial charge is 0.334 e. The van der Waals surface area contributed by atoms with Crippen LogP contribution < -0.4 is 0 Å². The first-order chi connectivity index (χ1) is 20.3. The summed E-state index contributed by atoms with van der Waals surface area (Å²) in [5, 5.41) is 41.5. The van der Waals surface area contributed by atoms with E-state index in [1.54, 1.807) is 0 Å². The van der Waals surface area contributed by atoms with Gasteiger partial charge in [-0.1, -0.05) is 110 Å². The molecule has 0 spiro atoms. The number of esters is 1. The van der Waals surface area contributed by atoms with Gasteiger partial charge in [0, 0.05) is 18.4 Å². The Morgan fingerprint density at radius 2 is 1.33 bits per heavy atom. The predicted molar refractivity (Wildman–Crippen MR) is 168 cm³/mol. The van der Waals surface area contributed by atoms with Crippen LogP contribution in [0.4, 0.5) is 0 Å². The van der Waals surface area contributed by atoms with Crippen molar-refractivity contribution in [2.75, 3.05) is 0 Å². The molecule has 1 saturated heterocycles. The first kappa shape index (κ1) is 37.2. The predicted octanol–water partition coefficient (Wildman–Crippen LogP) is 7.06. The minimum Gasteiger partial charge on any atom is -0.455 e. The largest absolute Gasteiger partial charge is 0.455 e. The molecule has 246 valence electrons. The molecule has 7 atom stereocenters. The average Bonchev–Trinajstić information content (AvgIpc) is 3.56. The Labute approximate surface area is 256 Å². The lowest BCUT2D eigenvalue weighted by atomic mass is 9.97. The number of aliphatic hydroxyl groups is 4. The van der Waals surface area contributed by atoms with Crippen molar-refractivity contribution in [1.82, 2.24) is 0 Å². The maximum absolute atomic E-state index is 11.6. The van der Waals surface area contributed by atoms with Crippen LogP contribution in [0.5, 0.6) is 0 Å². The number of ether oxygens (including phenoxy) is 2. The minimum absolute atomic E-state index is 0.171. The Kier molecular flexibility index (Phi) is 19.9. The topological polar surface area (TPSA) is 116 Å². The van der Waals surface area contributed by atoms with E-state index in [4.69, 9.17) is 9.47 Å². The highest BCUT2D eigenvalue weighted by molar-refractivity contribution is 5.90. The van der Waals surface area contributed by atoms with Gasteiger partial charge in [-0.3, -0.25) is 0 Å². The van der Waals surface area contributed by atoms with E-state index in [1.807, 2.05) is 13.0 Å². The fourth-order valence-corrected chi connectivity index (χ4v) is 6.41. The summed E-state index contributed by atoms with van der Waals surface area (Å²) in [4.78, 5) is 11.6. The third-order valence-corrected chi connectivity index (χ3v) is 9.11. The van der Waals surface area contributed by atoms with Crippen LogP contribution in [0.2, 0.25) is 0 Å². The number of aliphatic hydroxyl groups excluding tert-OH is 4. The Morgan fingerprint density at radius 3 is 1.93 bits per heavy atom. The van der Waals surface area contributed by atoms with E-state index in [2.05, 4.69) is 6.92 Å². The molecule has 7 nitrogen and oxygen atoms in total. The Bertz CT molecular complexity index is 726. The summed E-state index contributed by atoms with van der Waals surface area (Å²) in [5.74, 6) is -0.283. The maximum Gasteiger partial charge on any atom is 0.334 e. The molecule has 7 heteroatoms. The zero-order valence-corrected chi connectivity index (χ0v) is 26.9. The molecule has 0 saturated carbocycles. The summed E-state index contributed by atoms with van der Waals surface area (Å²) in [7, 11) is 0. The molecule has 42 heavy (non-hydrogen) atoms. The normalized spacial score (nSPS) is 23.5. The van der Waals surface area contributed by atoms with Gasteiger partial charge in [-0.2, -0.15) is 0 Å². The van der Waals surface area contributed by atoms with Gasteiger partial charge in [-0.25, -0.2) is 4.79 Å². The molecule has 2 aliphatic rings. The summed E-state index contributed by atoms with van der Waals surface area (Å²) in [6, 6.07) is 0. The first-order valence-corrected chi connectivity index (χ1v) is 17.6. The zero-order valence-electron chi connectivity index (χ0n) is 26.9. The van der Waals surface area contributed by atoms with E-state index < -0.39 is 24.4 Å². The van der Waals surface area contributed by atoms with E-state index in [0.717, 1.165) is 57.8 Å². The SMILES string of the molecule is CCCCCCCCCC[C@@H](O)[C@H](O)C[C@@H](O)[C@H]1CC[C@H](CCCCCCCCCC[C@@H](O)CC2=C[C@H](C)OC2=O)O1. The fourth-order valence-electron chi connectivity index (χ4n) is 6.41. The lowest BCUT2D eigenvalue weighted by molar-refractivity contribution is -0.139. The van der Waals surface area contributed by atoms with Gasteiger partial charge in [-0.15, -0.1) is 0 Å². The van der Waals surface area contributed by atoms with Gasteiger partial charge in [0.25, 0.3) is 0 Å². The summed E-state index contributed by atoms with van der Waals surface area (Å²) >= 11 is 0. The molecule has 0 aliphatic carbocycles. The summed E-state index contributed by atoms with van der Waals surface area (Å²) in [6.07, 6.45) is 22.4. The van der Waals surface area contributed by atoms with Crippen molar-refractivity contribution in [2.45, 2.75) is 204 Å². The highest BCUT2D eigenvalue weighted by atomic mass is 16.5. The first-order valence-electron chi connectivity index (χ1n) is 17.6. The third-order valence-electron chi connectivity index (χ3n) is 9.11. The van der Waals surface area contributed by atoms with Crippen LogP contribution in [0.25, 0.3) is 0 Å². The minimum atomic E-state index is -0.892. The number of carbonyl (C=O) groups excluding carboxylic acids is 1. The molecule has 2 aliphatic heterocycles. The molecule has 2 heterocycles. The molecule has 4 N–H and O–H groups in total. The molecule has 1 fully saturated rings. The molecular formula is C35H64O7. The van der Waals surface area contributed by atoms with Crippen LogP contribution in [-0.4, -0.2) is 69.1 Å². The van der Waals surface area contributed by atoms with Crippen molar-refractivity contribution in [3.8, 4) is 0 Å². The lowest BCUT2D eigenvalue weighted by Crippen LogP contribution is -2.35. The Balaban J connectivity index is 1.40. The standard InChI is InChI=1S/C35H64O7/c1-3-4-5-6-7-12-15-18-21-31(37)32(38)26-33(39)34-23-22-30(42-34)20-17-14-11-9-8-10-13-16-19-29(36)25-28-24-27(2)41-35(28)40/h24,27,29-34,36-39H,3-23,25-26H2,1-2H3/t27-,29+,30-,31+,32+,33+,34+/m0/s1. The maximum atomic E-state index is 11.6. The molecule has 0 amide bonds. The van der Waals surface area contributed by atoms with E-state index >= 15 is 0 Å². The number of carbonyl (C=O) groups is 1. The van der Waals surface area contributed by atoms with Crippen molar-refractivity contribution in [3.63, 3.8) is 0 Å². The summed E-state index contributed by atoms with van der Waals surface area (Å²) in [5.41, 5.74) is 0.614. The molecule has 0 aromatic carbocycles. The highest BCUT2D eigenvalue weighted by Crippen LogP contribution is 2.28. The van der Waals surface area contributed by atoms with Crippen molar-refractivity contribution in [1.29, 1.82) is 0 Å². The second kappa shape index (κ2) is 22.5. The van der Waals surface area contributed by atoms with Gasteiger partial charge in [0.05, 0.1) is 36.6 Å². The molecule has 0 unspecified atom stereocenters. The monoisotopic (exact) mass is 596 g/mol. The van der Waals surface area contributed by atoms with Crippen LogP contribution in [0.1, 0.15) is 162 Å². The highest BCUT2D eigenvalue weighted by Gasteiger charge is 2.32. The molecule has 0 radical (unpaired) electrons. The van der Waals surface area contributed by atoms with Gasteiger partial charge < -0.3 is 29.9 Å². The second-order valence-corrected chi connectivity index (χ2v) is 13.1. The quantitative estimate of drug-likeness (QED) is 0.0624. The molecule has 0 bridgehead atoms. The van der Waals surface area contributed by atoms with Crippen molar-refractivity contribution in [2.24, 2.45) is 0 Å². The van der Waals surface area contributed by atoms with Crippen molar-refractivity contribution >= 4 is 5.97 Å². The Hall–Kier alpha value is -0.990. The van der Waals surface area contributed by atoms with Crippen LogP contribution in [0, 0.1) is 0 Å². The van der Waals surface area contributed by atoms with Gasteiger partial charge >= 0.3 is 5.97 Å². The number of hydrogen-bond donors (Lipinski definition) is 4. The number of rotatable bonds is 26. The summed E-state index contributed by atoms with van der Waals surface area (Å²) in [6.45, 7) is 4.06. The van der Waals surface area contributed by atoms with Gasteiger partial charge in [0.1, 0.15) is 6.10 Å². The number of cyclic esters (lactones) is 1. The van der Waals surface area contributed by atoms with Crippen LogP contribution in [-0.2, 0) is 14.3 Å². The van der Waals surface area contributed by atoms with Gasteiger partial charge in [0.2, 0.25) is 0 Å². The average molecular weight is 597 g/mol. The molecular weight excluding hydrogens is 532 g/mol. The van der Waals surface area contributed by atoms with Crippen molar-refractivity contribution in [3.05, 3.63) is 11.6 Å². The van der Waals surface area contributed by atoms with Crippen LogP contribution >= 0.6 is 0 Å².